The Morgan fingerprint density at radius 3 is 2.00 bits per heavy atom. The van der Waals surface area contributed by atoms with Crippen LogP contribution < -0.4 is 11.1 Å². The molecule has 0 saturated heterocycles. The molecule has 0 rings (SSSR count). The fourth-order valence-electron chi connectivity index (χ4n) is 0.183. The van der Waals surface area contributed by atoms with Gasteiger partial charge in [-0.2, -0.15) is 13.2 Å². The lowest BCUT2D eigenvalue weighted by atomic mass is 10.6. The Morgan fingerprint density at radius 1 is 1.50 bits per heavy atom. The van der Waals surface area contributed by atoms with Crippen molar-refractivity contribution < 1.29 is 18.0 Å². The first-order valence-electron chi connectivity index (χ1n) is 2.01. The second-order valence-electron chi connectivity index (χ2n) is 1.32. The van der Waals surface area contributed by atoms with Crippen molar-refractivity contribution in [3.8, 4) is 0 Å². The summed E-state index contributed by atoms with van der Waals surface area (Å²) in [5.74, 6) is -2.15. The predicted octanol–water partition coefficient (Wildman–Crippen LogP) is -0.0915. The number of amides is 1. The second-order valence-corrected chi connectivity index (χ2v) is 1.76. The van der Waals surface area contributed by atoms with Crippen LogP contribution in [0.5, 0.6) is 0 Å². The Hall–Kier alpha value is -0.850. The van der Waals surface area contributed by atoms with Gasteiger partial charge in [0.25, 0.3) is 0 Å². The van der Waals surface area contributed by atoms with Crippen molar-refractivity contribution in [3.63, 3.8) is 0 Å². The number of alkyl halides is 3. The first-order valence-corrected chi connectivity index (χ1v) is 2.42. The zero-order chi connectivity index (χ0) is 8.36. The molecule has 0 aromatic carbocycles. The Kier molecular flexibility index (Phi) is 2.58. The topological polar surface area (TPSA) is 55.1 Å². The summed E-state index contributed by atoms with van der Waals surface area (Å²) in [6, 6.07) is 0. The van der Waals surface area contributed by atoms with Gasteiger partial charge in [-0.15, -0.1) is 0 Å². The van der Waals surface area contributed by atoms with Gasteiger partial charge in [-0.1, -0.05) is 0 Å². The zero-order valence-corrected chi connectivity index (χ0v) is 5.34. The van der Waals surface area contributed by atoms with E-state index in [2.05, 4.69) is 18.0 Å². The summed E-state index contributed by atoms with van der Waals surface area (Å²) in [5.41, 5.74) is 4.59. The van der Waals surface area contributed by atoms with Gasteiger partial charge in [0, 0.05) is 0 Å². The highest BCUT2D eigenvalue weighted by molar-refractivity contribution is 7.80. The molecule has 1 amide bonds. The summed E-state index contributed by atoms with van der Waals surface area (Å²) >= 11 is 3.99. The molecule has 0 aromatic heterocycles. The van der Waals surface area contributed by atoms with Gasteiger partial charge >= 0.3 is 12.1 Å². The largest absolute Gasteiger partial charge is 0.471 e. The molecule has 7 heteroatoms. The maximum atomic E-state index is 11.3. The summed E-state index contributed by atoms with van der Waals surface area (Å²) in [6.07, 6.45) is -4.93. The molecule has 0 heterocycles. The third-order valence-electron chi connectivity index (χ3n) is 0.494. The summed E-state index contributed by atoms with van der Waals surface area (Å²) in [5, 5.41) is 0.536. The third kappa shape index (κ3) is 3.23. The minimum atomic E-state index is -4.93. The smallest absolute Gasteiger partial charge is 0.376 e. The molecule has 3 nitrogen and oxygen atoms in total. The van der Waals surface area contributed by atoms with Crippen molar-refractivity contribution in [2.75, 3.05) is 0 Å². The fourth-order valence-corrected chi connectivity index (χ4v) is 0.275. The summed E-state index contributed by atoms with van der Waals surface area (Å²) in [4.78, 5) is 9.87. The Bertz CT molecular complexity index is 166. The number of hydrogen-bond acceptors (Lipinski definition) is 2. The maximum absolute atomic E-state index is 11.3. The standard InChI is InChI=1S/C3H3F3N2OS/c4-3(5,6)1(9)8-2(7)10/h(H3,7,8,9,10). The van der Waals surface area contributed by atoms with E-state index in [9.17, 15) is 18.0 Å². The van der Waals surface area contributed by atoms with Crippen LogP contribution in [-0.2, 0) is 4.79 Å². The lowest BCUT2D eigenvalue weighted by molar-refractivity contribution is -0.171. The Balaban J connectivity index is 3.99. The van der Waals surface area contributed by atoms with Gasteiger partial charge in [-0.05, 0) is 12.2 Å². The number of nitrogens with one attached hydrogen (secondary N) is 1. The van der Waals surface area contributed by atoms with E-state index in [0.29, 0.717) is 0 Å². The number of nitrogens with two attached hydrogens (primary N) is 1. The highest BCUT2D eigenvalue weighted by Crippen LogP contribution is 2.13. The van der Waals surface area contributed by atoms with Crippen molar-refractivity contribution in [1.82, 2.24) is 5.32 Å². The lowest BCUT2D eigenvalue weighted by Gasteiger charge is -2.04. The van der Waals surface area contributed by atoms with Gasteiger partial charge < -0.3 is 5.73 Å². The first kappa shape index (κ1) is 9.15. The normalized spacial score (nSPS) is 10.7. The summed E-state index contributed by atoms with van der Waals surface area (Å²) < 4.78 is 33.8. The van der Waals surface area contributed by atoms with E-state index in [0.717, 1.165) is 0 Å². The Labute approximate surface area is 59.4 Å². The van der Waals surface area contributed by atoms with Crippen LogP contribution in [0.3, 0.4) is 0 Å². The van der Waals surface area contributed by atoms with Gasteiger partial charge in [0.1, 0.15) is 0 Å². The van der Waals surface area contributed by atoms with Crippen molar-refractivity contribution in [3.05, 3.63) is 0 Å². The second kappa shape index (κ2) is 2.82. The number of rotatable bonds is 0. The third-order valence-corrected chi connectivity index (χ3v) is 0.596. The minimum absolute atomic E-state index is 0.692. The van der Waals surface area contributed by atoms with E-state index < -0.39 is 17.2 Å². The molecule has 0 unspecified atom stereocenters. The van der Waals surface area contributed by atoms with Crippen LogP contribution in [0.4, 0.5) is 13.2 Å². The van der Waals surface area contributed by atoms with Gasteiger partial charge in [0.2, 0.25) is 0 Å². The van der Waals surface area contributed by atoms with E-state index in [1.54, 1.807) is 0 Å². The minimum Gasteiger partial charge on any atom is -0.376 e. The van der Waals surface area contributed by atoms with Crippen LogP contribution in [-0.4, -0.2) is 17.2 Å². The van der Waals surface area contributed by atoms with Crippen LogP contribution in [0.25, 0.3) is 0 Å². The van der Waals surface area contributed by atoms with E-state index in [1.165, 1.54) is 5.32 Å². The van der Waals surface area contributed by atoms with Crippen molar-refractivity contribution in [2.45, 2.75) is 6.18 Å². The quantitative estimate of drug-likeness (QED) is 0.502. The van der Waals surface area contributed by atoms with E-state index in [1.807, 2.05) is 0 Å². The SMILES string of the molecule is NC(=S)NC(=O)C(F)(F)F. The molecule has 0 saturated carbocycles. The highest BCUT2D eigenvalue weighted by Gasteiger charge is 2.38. The van der Waals surface area contributed by atoms with E-state index in [4.69, 9.17) is 0 Å². The van der Waals surface area contributed by atoms with E-state index in [-0.39, 0.29) is 0 Å². The molecule has 0 aliphatic rings. The molecular weight excluding hydrogens is 169 g/mol. The number of carbonyl (C=O) groups is 1. The highest BCUT2D eigenvalue weighted by atomic mass is 32.1. The molecule has 0 aliphatic heterocycles. The van der Waals surface area contributed by atoms with Crippen LogP contribution in [0.15, 0.2) is 0 Å². The predicted molar refractivity (Wildman–Crippen MR) is 31.0 cm³/mol. The Morgan fingerprint density at radius 2 is 1.90 bits per heavy atom. The van der Waals surface area contributed by atoms with Crippen LogP contribution in [0, 0.1) is 0 Å². The molecule has 0 fully saturated rings. The number of carbonyl (C=O) groups excluding carboxylic acids is 1. The van der Waals surface area contributed by atoms with Crippen molar-refractivity contribution in [2.24, 2.45) is 5.73 Å². The van der Waals surface area contributed by atoms with Crippen LogP contribution in [0.1, 0.15) is 0 Å². The summed E-state index contributed by atoms with van der Waals surface area (Å²) in [6.45, 7) is 0. The van der Waals surface area contributed by atoms with E-state index >= 15 is 0 Å². The molecule has 10 heavy (non-hydrogen) atoms. The van der Waals surface area contributed by atoms with Gasteiger partial charge in [-0.3, -0.25) is 10.1 Å². The zero-order valence-electron chi connectivity index (χ0n) is 4.53. The molecule has 3 N–H and O–H groups in total. The molecular formula is C3H3F3N2OS. The first-order chi connectivity index (χ1) is 4.34. The lowest BCUT2D eigenvalue weighted by Crippen LogP contribution is -2.43. The molecule has 0 bridgehead atoms. The molecule has 58 valence electrons. The average molecular weight is 172 g/mol. The molecule has 0 radical (unpaired) electrons. The van der Waals surface area contributed by atoms with Crippen LogP contribution >= 0.6 is 12.2 Å². The number of hydrogen-bond donors (Lipinski definition) is 2. The van der Waals surface area contributed by atoms with Crippen LogP contribution in [0.2, 0.25) is 0 Å². The fraction of sp³-hybridized carbons (Fsp3) is 0.333. The summed E-state index contributed by atoms with van der Waals surface area (Å²) in [7, 11) is 0. The maximum Gasteiger partial charge on any atom is 0.471 e. The molecule has 0 aromatic rings. The molecule has 0 spiro atoms. The molecule has 0 aliphatic carbocycles. The number of thiocarbonyl (C=S) groups is 1. The number of halogens is 3. The van der Waals surface area contributed by atoms with Crippen molar-refractivity contribution in [1.29, 1.82) is 0 Å². The van der Waals surface area contributed by atoms with Gasteiger partial charge in [0.05, 0.1) is 0 Å². The average Bonchev–Trinajstić information content (AvgIpc) is 1.60. The monoisotopic (exact) mass is 172 g/mol. The van der Waals surface area contributed by atoms with Gasteiger partial charge in [-0.25, -0.2) is 0 Å². The molecule has 0 atom stereocenters. The van der Waals surface area contributed by atoms with Gasteiger partial charge in [0.15, 0.2) is 5.11 Å². The van der Waals surface area contributed by atoms with Crippen molar-refractivity contribution >= 4 is 23.2 Å².